The third-order valence-corrected chi connectivity index (χ3v) is 6.40. The summed E-state index contributed by atoms with van der Waals surface area (Å²) in [6.07, 6.45) is 0.731. The van der Waals surface area contributed by atoms with Crippen molar-refractivity contribution in [2.45, 2.75) is 11.8 Å². The minimum atomic E-state index is -0.465. The quantitative estimate of drug-likeness (QED) is 0.228. The van der Waals surface area contributed by atoms with Gasteiger partial charge >= 0.3 is 51.4 Å². The maximum Gasteiger partial charge on any atom is 1.00 e. The van der Waals surface area contributed by atoms with E-state index in [1.165, 1.54) is 5.56 Å². The molecule has 0 N–H and O–H groups in total. The van der Waals surface area contributed by atoms with Crippen molar-refractivity contribution < 1.29 is 52.8 Å². The molecule has 0 aromatic heterocycles. The molecule has 0 saturated heterocycles. The average molecular weight is 512 g/mol. The van der Waals surface area contributed by atoms with Gasteiger partial charge in [0.05, 0.1) is 0 Å². The first-order chi connectivity index (χ1) is 14.5. The van der Waals surface area contributed by atoms with Gasteiger partial charge in [-0.15, -0.1) is 0 Å². The van der Waals surface area contributed by atoms with Crippen LogP contribution in [0.4, 0.5) is 0 Å². The van der Waals surface area contributed by atoms with Gasteiger partial charge in [-0.2, -0.15) is 0 Å². The van der Waals surface area contributed by atoms with E-state index < -0.39 is 5.41 Å². The van der Waals surface area contributed by atoms with E-state index in [2.05, 4.69) is 48.5 Å². The van der Waals surface area contributed by atoms with E-state index in [1.54, 1.807) is 0 Å². The van der Waals surface area contributed by atoms with Crippen LogP contribution < -0.4 is 51.4 Å². The molecule has 0 saturated carbocycles. The summed E-state index contributed by atoms with van der Waals surface area (Å²) in [6.45, 7) is 0. The fourth-order valence-electron chi connectivity index (χ4n) is 3.92. The standard InChI is InChI=1S/C26H18Cl4.K.H/c27-22-9-1-18(2-10-22)17-26(19-3-11-23(28)12-4-19,20-5-13-24(29)14-6-20)21-7-15-25(30)16-8-21;;/h1-16H,17H2;;/q;+1;-1. The summed E-state index contributed by atoms with van der Waals surface area (Å²) in [4.78, 5) is 0. The molecule has 0 amide bonds. The maximum atomic E-state index is 6.22. The third-order valence-electron chi connectivity index (χ3n) is 5.39. The van der Waals surface area contributed by atoms with Crippen LogP contribution in [0.3, 0.4) is 0 Å². The van der Waals surface area contributed by atoms with E-state index in [4.69, 9.17) is 46.4 Å². The number of rotatable bonds is 5. The number of hydrogen-bond acceptors (Lipinski definition) is 0. The molecule has 5 heteroatoms. The van der Waals surface area contributed by atoms with E-state index in [0.717, 1.165) is 23.1 Å². The fraction of sp³-hybridized carbons (Fsp3) is 0.0769. The molecule has 0 aliphatic carbocycles. The van der Waals surface area contributed by atoms with Crippen LogP contribution in [0.5, 0.6) is 0 Å². The SMILES string of the molecule is Clc1ccc(CC(c2ccc(Cl)cc2)(c2ccc(Cl)cc2)c2ccc(Cl)cc2)cc1.[H-].[K+]. The Hall–Kier alpha value is -0.324. The zero-order valence-corrected chi connectivity index (χ0v) is 23.1. The van der Waals surface area contributed by atoms with E-state index in [1.807, 2.05) is 48.5 Å². The van der Waals surface area contributed by atoms with Crippen molar-refractivity contribution in [1.82, 2.24) is 0 Å². The zero-order chi connectivity index (χ0) is 21.1. The maximum absolute atomic E-state index is 6.22. The minimum absolute atomic E-state index is 0. The Morgan fingerprint density at radius 1 is 0.452 bits per heavy atom. The zero-order valence-electron chi connectivity index (χ0n) is 18.0. The summed E-state index contributed by atoms with van der Waals surface area (Å²) in [7, 11) is 0. The minimum Gasteiger partial charge on any atom is -1.00 e. The van der Waals surface area contributed by atoms with Gasteiger partial charge in [-0.1, -0.05) is 94.9 Å². The van der Waals surface area contributed by atoms with Gasteiger partial charge in [0.25, 0.3) is 0 Å². The van der Waals surface area contributed by atoms with Crippen LogP contribution in [-0.2, 0) is 11.8 Å². The fourth-order valence-corrected chi connectivity index (χ4v) is 4.42. The molecule has 0 bridgehead atoms. The van der Waals surface area contributed by atoms with Gasteiger partial charge in [0.2, 0.25) is 0 Å². The van der Waals surface area contributed by atoms with Crippen molar-refractivity contribution in [2.24, 2.45) is 0 Å². The Morgan fingerprint density at radius 3 is 1.00 bits per heavy atom. The van der Waals surface area contributed by atoms with Crippen LogP contribution >= 0.6 is 46.4 Å². The Morgan fingerprint density at radius 2 is 0.710 bits per heavy atom. The Labute approximate surface area is 247 Å². The summed E-state index contributed by atoms with van der Waals surface area (Å²) in [5, 5.41) is 2.82. The molecule has 0 aliphatic rings. The van der Waals surface area contributed by atoms with Crippen molar-refractivity contribution in [3.63, 3.8) is 0 Å². The van der Waals surface area contributed by atoms with Crippen LogP contribution in [0.25, 0.3) is 0 Å². The van der Waals surface area contributed by atoms with Gasteiger partial charge in [0.1, 0.15) is 0 Å². The third kappa shape index (κ3) is 5.79. The van der Waals surface area contributed by atoms with Gasteiger partial charge in [-0.25, -0.2) is 0 Å². The van der Waals surface area contributed by atoms with Gasteiger partial charge in [0.15, 0.2) is 0 Å². The molecule has 4 aromatic carbocycles. The topological polar surface area (TPSA) is 0 Å². The van der Waals surface area contributed by atoms with E-state index in [-0.39, 0.29) is 52.8 Å². The van der Waals surface area contributed by atoms with Gasteiger partial charge in [-0.05, 0) is 77.2 Å². The molecular weight excluding hydrogens is 493 g/mol. The Balaban J connectivity index is 0.00000181. The summed E-state index contributed by atoms with van der Waals surface area (Å²) in [5.74, 6) is 0. The van der Waals surface area contributed by atoms with Crippen molar-refractivity contribution in [1.29, 1.82) is 0 Å². The number of halogens is 4. The van der Waals surface area contributed by atoms with E-state index in [9.17, 15) is 0 Å². The summed E-state index contributed by atoms with van der Waals surface area (Å²) < 4.78 is 0. The monoisotopic (exact) mass is 510 g/mol. The summed E-state index contributed by atoms with van der Waals surface area (Å²) >= 11 is 24.8. The largest absolute Gasteiger partial charge is 1.00 e. The van der Waals surface area contributed by atoms with Crippen molar-refractivity contribution in [3.05, 3.63) is 139 Å². The van der Waals surface area contributed by atoms with Crippen molar-refractivity contribution in [3.8, 4) is 0 Å². The smallest absolute Gasteiger partial charge is 1.00 e. The van der Waals surface area contributed by atoms with Crippen LogP contribution in [0.2, 0.25) is 20.1 Å². The van der Waals surface area contributed by atoms with Gasteiger partial charge < -0.3 is 1.43 Å². The summed E-state index contributed by atoms with van der Waals surface area (Å²) in [6, 6.07) is 32.1. The second-order valence-corrected chi connectivity index (χ2v) is 8.97. The molecule has 0 radical (unpaired) electrons. The molecule has 0 atom stereocenters. The van der Waals surface area contributed by atoms with Gasteiger partial charge in [-0.3, -0.25) is 0 Å². The molecule has 0 aliphatic heterocycles. The second kappa shape index (κ2) is 11.2. The first-order valence-electron chi connectivity index (χ1n) is 9.50. The molecular formula is C26H19Cl4K. The van der Waals surface area contributed by atoms with Crippen molar-refractivity contribution in [2.75, 3.05) is 0 Å². The van der Waals surface area contributed by atoms with Crippen LogP contribution in [-0.4, -0.2) is 0 Å². The normalized spacial score (nSPS) is 11.1. The Kier molecular flexibility index (Phi) is 9.14. The second-order valence-electron chi connectivity index (χ2n) is 7.23. The molecule has 0 nitrogen and oxygen atoms in total. The molecule has 152 valence electrons. The van der Waals surface area contributed by atoms with E-state index >= 15 is 0 Å². The molecule has 0 fully saturated rings. The predicted octanol–water partition coefficient (Wildman–Crippen LogP) is 5.99. The predicted molar refractivity (Wildman–Crippen MR) is 131 cm³/mol. The van der Waals surface area contributed by atoms with Crippen LogP contribution in [0, 0.1) is 0 Å². The van der Waals surface area contributed by atoms with E-state index in [0.29, 0.717) is 20.1 Å². The molecule has 4 aromatic rings. The molecule has 0 spiro atoms. The molecule has 31 heavy (non-hydrogen) atoms. The van der Waals surface area contributed by atoms with Gasteiger partial charge in [0, 0.05) is 25.5 Å². The first-order valence-corrected chi connectivity index (χ1v) is 11.0. The molecule has 4 rings (SSSR count). The number of hydrogen-bond donors (Lipinski definition) is 0. The molecule has 0 heterocycles. The number of benzene rings is 4. The summed E-state index contributed by atoms with van der Waals surface area (Å²) in [5.41, 5.74) is 4.09. The average Bonchev–Trinajstić information content (AvgIpc) is 2.75. The first kappa shape index (κ1) is 25.3. The molecule has 0 unspecified atom stereocenters. The van der Waals surface area contributed by atoms with Crippen molar-refractivity contribution >= 4 is 46.4 Å². The van der Waals surface area contributed by atoms with Crippen LogP contribution in [0.15, 0.2) is 97.1 Å². The Bertz CT molecular complexity index is 1020. The van der Waals surface area contributed by atoms with Crippen LogP contribution in [0.1, 0.15) is 23.7 Å².